The number of amides is 1. The maximum atomic E-state index is 11.8. The van der Waals surface area contributed by atoms with Gasteiger partial charge in [-0.2, -0.15) is 0 Å². The second-order valence-corrected chi connectivity index (χ2v) is 6.84. The van der Waals surface area contributed by atoms with Crippen molar-refractivity contribution in [3.8, 4) is 0 Å². The zero-order valence-corrected chi connectivity index (χ0v) is 11.3. The monoisotopic (exact) mass is 282 g/mol. The largest absolute Gasteiger partial charge is 0.351 e. The molecule has 2 aliphatic heterocycles. The summed E-state index contributed by atoms with van der Waals surface area (Å²) in [5, 5.41) is 5.94. The molecular formula is C10H19ClN2O3S. The zero-order chi connectivity index (χ0) is 11.6. The van der Waals surface area contributed by atoms with E-state index >= 15 is 0 Å². The van der Waals surface area contributed by atoms with Crippen molar-refractivity contribution in [1.82, 2.24) is 10.6 Å². The van der Waals surface area contributed by atoms with E-state index in [1.165, 1.54) is 0 Å². The first-order valence-electron chi connectivity index (χ1n) is 5.81. The van der Waals surface area contributed by atoms with Crippen molar-refractivity contribution in [3.63, 3.8) is 0 Å². The Kier molecular flexibility index (Phi) is 5.22. The van der Waals surface area contributed by atoms with E-state index in [1.54, 1.807) is 0 Å². The number of carbonyl (C=O) groups is 1. The van der Waals surface area contributed by atoms with E-state index in [0.717, 1.165) is 25.8 Å². The molecule has 0 aromatic carbocycles. The number of halogens is 1. The van der Waals surface area contributed by atoms with Crippen LogP contribution >= 0.6 is 12.4 Å². The molecule has 2 rings (SSSR count). The first-order chi connectivity index (χ1) is 7.57. The van der Waals surface area contributed by atoms with Gasteiger partial charge in [-0.25, -0.2) is 8.42 Å². The molecule has 17 heavy (non-hydrogen) atoms. The lowest BCUT2D eigenvalue weighted by Gasteiger charge is -2.24. The van der Waals surface area contributed by atoms with E-state index in [0.29, 0.717) is 6.42 Å². The predicted molar refractivity (Wildman–Crippen MR) is 68.1 cm³/mol. The minimum absolute atomic E-state index is 0. The van der Waals surface area contributed by atoms with Gasteiger partial charge in [0, 0.05) is 6.04 Å². The van der Waals surface area contributed by atoms with Crippen molar-refractivity contribution < 1.29 is 13.2 Å². The van der Waals surface area contributed by atoms with Gasteiger partial charge in [0.2, 0.25) is 5.91 Å². The Bertz CT molecular complexity index is 366. The summed E-state index contributed by atoms with van der Waals surface area (Å²) in [6.45, 7) is 0.876. The summed E-state index contributed by atoms with van der Waals surface area (Å²) < 4.78 is 22.8. The quantitative estimate of drug-likeness (QED) is 0.739. The highest BCUT2D eigenvalue weighted by Gasteiger charge is 2.29. The smallest absolute Gasteiger partial charge is 0.237 e. The molecule has 2 atom stereocenters. The molecule has 1 amide bonds. The van der Waals surface area contributed by atoms with Crippen LogP contribution < -0.4 is 10.6 Å². The van der Waals surface area contributed by atoms with E-state index in [9.17, 15) is 13.2 Å². The van der Waals surface area contributed by atoms with Gasteiger partial charge >= 0.3 is 0 Å². The summed E-state index contributed by atoms with van der Waals surface area (Å²) in [7, 11) is -2.94. The number of hydrogen-bond acceptors (Lipinski definition) is 4. The van der Waals surface area contributed by atoms with Gasteiger partial charge in [0.15, 0.2) is 9.84 Å². The van der Waals surface area contributed by atoms with Crippen LogP contribution in [0, 0.1) is 0 Å². The molecule has 0 aromatic heterocycles. The van der Waals surface area contributed by atoms with Crippen LogP contribution in [-0.2, 0) is 14.6 Å². The van der Waals surface area contributed by atoms with Crippen molar-refractivity contribution in [2.75, 3.05) is 18.1 Å². The zero-order valence-electron chi connectivity index (χ0n) is 9.65. The van der Waals surface area contributed by atoms with Crippen LogP contribution in [0.25, 0.3) is 0 Å². The maximum Gasteiger partial charge on any atom is 0.237 e. The Hall–Kier alpha value is -0.330. The SMILES string of the molecule is Cl.O=C(NC1CCCS(=O)(=O)C1)C1CCCN1. The molecule has 0 bridgehead atoms. The summed E-state index contributed by atoms with van der Waals surface area (Å²) in [6.07, 6.45) is 3.30. The van der Waals surface area contributed by atoms with Gasteiger partial charge in [-0.05, 0) is 32.2 Å². The number of rotatable bonds is 2. The van der Waals surface area contributed by atoms with E-state index < -0.39 is 9.84 Å². The molecular weight excluding hydrogens is 264 g/mol. The Morgan fingerprint density at radius 1 is 1.24 bits per heavy atom. The molecule has 0 aromatic rings. The first-order valence-corrected chi connectivity index (χ1v) is 7.63. The fourth-order valence-corrected chi connectivity index (χ4v) is 3.98. The average Bonchev–Trinajstić information content (AvgIpc) is 2.68. The van der Waals surface area contributed by atoms with Gasteiger partial charge in [0.25, 0.3) is 0 Å². The molecule has 2 fully saturated rings. The first kappa shape index (κ1) is 14.7. The van der Waals surface area contributed by atoms with Crippen molar-refractivity contribution in [2.45, 2.75) is 37.8 Å². The van der Waals surface area contributed by atoms with E-state index in [1.807, 2.05) is 0 Å². The van der Waals surface area contributed by atoms with Crippen LogP contribution in [0.5, 0.6) is 0 Å². The fourth-order valence-electron chi connectivity index (χ4n) is 2.35. The second kappa shape index (κ2) is 6.02. The lowest BCUT2D eigenvalue weighted by molar-refractivity contribution is -0.123. The molecule has 2 N–H and O–H groups in total. The Balaban J connectivity index is 0.00000144. The highest BCUT2D eigenvalue weighted by atomic mass is 35.5. The van der Waals surface area contributed by atoms with Crippen LogP contribution in [0.2, 0.25) is 0 Å². The van der Waals surface area contributed by atoms with E-state index in [4.69, 9.17) is 0 Å². The third-order valence-corrected chi connectivity index (χ3v) is 5.01. The van der Waals surface area contributed by atoms with Gasteiger partial charge in [0.1, 0.15) is 0 Å². The number of carbonyl (C=O) groups excluding carboxylic acids is 1. The molecule has 0 radical (unpaired) electrons. The summed E-state index contributed by atoms with van der Waals surface area (Å²) in [6, 6.07) is -0.307. The minimum atomic E-state index is -2.94. The fraction of sp³-hybridized carbons (Fsp3) is 0.900. The van der Waals surface area contributed by atoms with E-state index in [2.05, 4.69) is 10.6 Å². The minimum Gasteiger partial charge on any atom is -0.351 e. The van der Waals surface area contributed by atoms with Gasteiger partial charge in [0.05, 0.1) is 17.5 Å². The summed E-state index contributed by atoms with van der Waals surface area (Å²) in [5.74, 6) is 0.326. The molecule has 5 nitrogen and oxygen atoms in total. The molecule has 0 aliphatic carbocycles. The average molecular weight is 283 g/mol. The van der Waals surface area contributed by atoms with Gasteiger partial charge < -0.3 is 10.6 Å². The molecule has 7 heteroatoms. The molecule has 0 spiro atoms. The van der Waals surface area contributed by atoms with Crippen molar-refractivity contribution in [2.24, 2.45) is 0 Å². The van der Waals surface area contributed by atoms with Crippen LogP contribution in [-0.4, -0.2) is 44.5 Å². The predicted octanol–water partition coefficient (Wildman–Crippen LogP) is -0.146. The van der Waals surface area contributed by atoms with Crippen LogP contribution in [0.4, 0.5) is 0 Å². The molecule has 0 saturated carbocycles. The highest BCUT2D eigenvalue weighted by Crippen LogP contribution is 2.13. The van der Waals surface area contributed by atoms with Crippen LogP contribution in [0.1, 0.15) is 25.7 Å². The topological polar surface area (TPSA) is 75.3 Å². The van der Waals surface area contributed by atoms with E-state index in [-0.39, 0.29) is 41.9 Å². The standard InChI is InChI=1S/C10H18N2O3S.ClH/c13-10(9-4-1-5-11-9)12-8-3-2-6-16(14,15)7-8;/h8-9,11H,1-7H2,(H,12,13);1H. The number of sulfone groups is 1. The molecule has 2 saturated heterocycles. The van der Waals surface area contributed by atoms with Gasteiger partial charge in [-0.15, -0.1) is 12.4 Å². The summed E-state index contributed by atoms with van der Waals surface area (Å²) in [5.41, 5.74) is 0. The van der Waals surface area contributed by atoms with Crippen LogP contribution in [0.3, 0.4) is 0 Å². The Morgan fingerprint density at radius 3 is 2.59 bits per heavy atom. The van der Waals surface area contributed by atoms with Crippen molar-refractivity contribution in [3.05, 3.63) is 0 Å². The van der Waals surface area contributed by atoms with Crippen molar-refractivity contribution >= 4 is 28.2 Å². The van der Waals surface area contributed by atoms with Crippen LogP contribution in [0.15, 0.2) is 0 Å². The van der Waals surface area contributed by atoms with Gasteiger partial charge in [-0.1, -0.05) is 0 Å². The molecule has 100 valence electrons. The summed E-state index contributed by atoms with van der Waals surface area (Å²) >= 11 is 0. The maximum absolute atomic E-state index is 11.8. The Labute approximate surface area is 108 Å². The lowest BCUT2D eigenvalue weighted by atomic mass is 10.1. The van der Waals surface area contributed by atoms with Gasteiger partial charge in [-0.3, -0.25) is 4.79 Å². The summed E-state index contributed by atoms with van der Waals surface area (Å²) in [4.78, 5) is 11.8. The molecule has 2 unspecified atom stereocenters. The highest BCUT2D eigenvalue weighted by molar-refractivity contribution is 7.91. The molecule has 2 aliphatic rings. The lowest BCUT2D eigenvalue weighted by Crippen LogP contribution is -2.49. The normalized spacial score (nSPS) is 31.5. The number of hydrogen-bond donors (Lipinski definition) is 2. The Morgan fingerprint density at radius 2 is 2.00 bits per heavy atom. The van der Waals surface area contributed by atoms with Crippen molar-refractivity contribution in [1.29, 1.82) is 0 Å². The third-order valence-electron chi connectivity index (χ3n) is 3.19. The second-order valence-electron chi connectivity index (χ2n) is 4.61. The number of nitrogens with one attached hydrogen (secondary N) is 2. The third kappa shape index (κ3) is 4.12. The molecule has 2 heterocycles.